The summed E-state index contributed by atoms with van der Waals surface area (Å²) in [5, 5.41) is 40.8. The van der Waals surface area contributed by atoms with Crippen LogP contribution in [0.1, 0.15) is 73.6 Å². The number of rotatable bonds is 12. The van der Waals surface area contributed by atoms with Crippen LogP contribution in [0.15, 0.2) is 24.3 Å². The number of aliphatic hydroxyl groups is 2. The van der Waals surface area contributed by atoms with Gasteiger partial charge in [0.1, 0.15) is 11.9 Å². The van der Waals surface area contributed by atoms with Crippen LogP contribution in [0.2, 0.25) is 0 Å². The zero-order valence-corrected chi connectivity index (χ0v) is 22.4. The number of carbonyl (C=O) groups is 2. The van der Waals surface area contributed by atoms with E-state index in [1.54, 1.807) is 0 Å². The zero-order chi connectivity index (χ0) is 29.6. The Morgan fingerprint density at radius 3 is 2.40 bits per heavy atom. The van der Waals surface area contributed by atoms with Crippen molar-refractivity contribution in [3.05, 3.63) is 47.0 Å². The third-order valence-corrected chi connectivity index (χ3v) is 7.01. The smallest absolute Gasteiger partial charge is 0.403 e. The maximum absolute atomic E-state index is 13.6. The monoisotopic (exact) mass is 571 g/mol. The van der Waals surface area contributed by atoms with Gasteiger partial charge in [-0.2, -0.15) is 18.3 Å². The summed E-state index contributed by atoms with van der Waals surface area (Å²) in [6, 6.07) is 3.90. The van der Waals surface area contributed by atoms with Crippen molar-refractivity contribution in [3.8, 4) is 5.69 Å². The third kappa shape index (κ3) is 8.48. The SMILES string of the molecule is CC(C)c1c(C(=O)NCC2CCC(C(F)(F)F)NC2)nn(-c2ccc(F)cc2)c1CC[C@@H](O)C[C@@H](O)CC(=O)[O-]. The summed E-state index contributed by atoms with van der Waals surface area (Å²) < 4.78 is 53.9. The van der Waals surface area contributed by atoms with Gasteiger partial charge in [0.05, 0.1) is 17.9 Å². The van der Waals surface area contributed by atoms with Crippen LogP contribution in [0, 0.1) is 11.7 Å². The average Bonchev–Trinajstić information content (AvgIpc) is 3.25. The molecule has 1 saturated heterocycles. The molecule has 0 spiro atoms. The fourth-order valence-electron chi connectivity index (χ4n) is 4.98. The molecule has 0 radical (unpaired) electrons. The standard InChI is InChI=1S/C27H36F4N4O5/c1-15(2)24-21(9-8-19(36)11-20(37)12-23(38)39)35(18-6-4-17(28)5-7-18)34-25(24)26(40)33-14-16-3-10-22(32-13-16)27(29,30)31/h4-7,15-16,19-20,22,32,36-37H,3,8-14H2,1-2H3,(H,33,40)(H,38,39)/p-1/t16?,19-,20-,22?/m1/s1. The molecule has 1 aromatic heterocycles. The quantitative estimate of drug-likeness (QED) is 0.286. The van der Waals surface area contributed by atoms with E-state index in [4.69, 9.17) is 0 Å². The van der Waals surface area contributed by atoms with E-state index in [1.165, 1.54) is 28.9 Å². The number of nitrogens with one attached hydrogen (secondary N) is 2. The molecule has 0 bridgehead atoms. The zero-order valence-electron chi connectivity index (χ0n) is 22.4. The number of amides is 1. The highest BCUT2D eigenvalue weighted by Crippen LogP contribution is 2.30. The van der Waals surface area contributed by atoms with E-state index in [2.05, 4.69) is 15.7 Å². The number of carboxylic acid groups (broad SMARTS) is 1. The number of hydrogen-bond donors (Lipinski definition) is 4. The van der Waals surface area contributed by atoms with Gasteiger partial charge in [-0.05, 0) is 68.2 Å². The minimum atomic E-state index is -4.32. The number of piperidine rings is 1. The lowest BCUT2D eigenvalue weighted by Gasteiger charge is -2.31. The van der Waals surface area contributed by atoms with Gasteiger partial charge in [-0.3, -0.25) is 4.79 Å². The van der Waals surface area contributed by atoms with Gasteiger partial charge in [-0.15, -0.1) is 0 Å². The molecule has 9 nitrogen and oxygen atoms in total. The molecule has 0 saturated carbocycles. The Bertz CT molecular complexity index is 1150. The van der Waals surface area contributed by atoms with Gasteiger partial charge >= 0.3 is 6.18 Å². The number of alkyl halides is 3. The average molecular weight is 572 g/mol. The second-order valence-corrected chi connectivity index (χ2v) is 10.6. The van der Waals surface area contributed by atoms with E-state index < -0.39 is 48.5 Å². The highest BCUT2D eigenvalue weighted by molar-refractivity contribution is 5.94. The van der Waals surface area contributed by atoms with Gasteiger partial charge in [-0.1, -0.05) is 13.8 Å². The van der Waals surface area contributed by atoms with Crippen LogP contribution in [0.25, 0.3) is 5.69 Å². The number of benzene rings is 1. The van der Waals surface area contributed by atoms with Crippen LogP contribution < -0.4 is 15.7 Å². The predicted molar refractivity (Wildman–Crippen MR) is 135 cm³/mol. The molecule has 222 valence electrons. The number of nitrogens with zero attached hydrogens (tertiary/aromatic N) is 2. The molecule has 13 heteroatoms. The molecule has 1 fully saturated rings. The number of halogens is 4. The maximum atomic E-state index is 13.6. The highest BCUT2D eigenvalue weighted by atomic mass is 19.4. The summed E-state index contributed by atoms with van der Waals surface area (Å²) in [6.07, 6.45) is -6.91. The van der Waals surface area contributed by atoms with E-state index in [1.807, 2.05) is 13.8 Å². The van der Waals surface area contributed by atoms with Crippen molar-refractivity contribution in [1.82, 2.24) is 20.4 Å². The molecule has 2 unspecified atom stereocenters. The third-order valence-electron chi connectivity index (χ3n) is 7.01. The first-order chi connectivity index (χ1) is 18.8. The molecule has 4 atom stereocenters. The Morgan fingerprint density at radius 1 is 1.18 bits per heavy atom. The number of hydrogen-bond acceptors (Lipinski definition) is 7. The van der Waals surface area contributed by atoms with Crippen LogP contribution in [0.4, 0.5) is 17.6 Å². The highest BCUT2D eigenvalue weighted by Gasteiger charge is 2.41. The first kappa shape index (κ1) is 31.5. The molecule has 1 aromatic carbocycles. The minimum absolute atomic E-state index is 0.0787. The van der Waals surface area contributed by atoms with E-state index in [0.29, 0.717) is 23.4 Å². The van der Waals surface area contributed by atoms with Crippen LogP contribution >= 0.6 is 0 Å². The van der Waals surface area contributed by atoms with E-state index in [0.717, 1.165) is 0 Å². The summed E-state index contributed by atoms with van der Waals surface area (Å²) in [6.45, 7) is 3.98. The van der Waals surface area contributed by atoms with Crippen molar-refractivity contribution in [1.29, 1.82) is 0 Å². The van der Waals surface area contributed by atoms with Gasteiger partial charge < -0.3 is 30.7 Å². The van der Waals surface area contributed by atoms with Gasteiger partial charge in [-0.25, -0.2) is 9.07 Å². The van der Waals surface area contributed by atoms with Crippen molar-refractivity contribution in [2.24, 2.45) is 5.92 Å². The van der Waals surface area contributed by atoms with Crippen LogP contribution in [-0.2, 0) is 11.2 Å². The number of aliphatic carboxylic acids is 1. The summed E-state index contributed by atoms with van der Waals surface area (Å²) >= 11 is 0. The Kier molecular flexibility index (Phi) is 10.7. The van der Waals surface area contributed by atoms with Crippen molar-refractivity contribution >= 4 is 11.9 Å². The van der Waals surface area contributed by atoms with E-state index in [9.17, 15) is 42.5 Å². The van der Waals surface area contributed by atoms with E-state index >= 15 is 0 Å². The summed E-state index contributed by atoms with van der Waals surface area (Å²) in [7, 11) is 0. The van der Waals surface area contributed by atoms with Crippen LogP contribution in [0.3, 0.4) is 0 Å². The molecule has 40 heavy (non-hydrogen) atoms. The number of carbonyl (C=O) groups excluding carboxylic acids is 2. The Hall–Kier alpha value is -3.03. The van der Waals surface area contributed by atoms with Crippen molar-refractivity contribution in [3.63, 3.8) is 0 Å². The summed E-state index contributed by atoms with van der Waals surface area (Å²) in [4.78, 5) is 24.0. The summed E-state index contributed by atoms with van der Waals surface area (Å²) in [5.41, 5.74) is 1.74. The largest absolute Gasteiger partial charge is 0.550 e. The van der Waals surface area contributed by atoms with Gasteiger partial charge in [0, 0.05) is 36.7 Å². The Balaban J connectivity index is 1.80. The topological polar surface area (TPSA) is 140 Å². The molecule has 1 amide bonds. The molecule has 1 aliphatic heterocycles. The van der Waals surface area contributed by atoms with E-state index in [-0.39, 0.29) is 56.3 Å². The molecule has 2 aromatic rings. The lowest BCUT2D eigenvalue weighted by Crippen LogP contribution is -2.49. The lowest BCUT2D eigenvalue weighted by molar-refractivity contribution is -0.307. The van der Waals surface area contributed by atoms with Crippen LogP contribution in [-0.4, -0.2) is 69.4 Å². The maximum Gasteiger partial charge on any atom is 0.403 e. The van der Waals surface area contributed by atoms with Crippen LogP contribution in [0.5, 0.6) is 0 Å². The first-order valence-electron chi connectivity index (χ1n) is 13.3. The van der Waals surface area contributed by atoms with Gasteiger partial charge in [0.25, 0.3) is 5.91 Å². The molecule has 1 aliphatic rings. The number of aromatic nitrogens is 2. The van der Waals surface area contributed by atoms with Crippen molar-refractivity contribution < 1.29 is 42.5 Å². The molecule has 4 N–H and O–H groups in total. The molecule has 3 rings (SSSR count). The first-order valence-corrected chi connectivity index (χ1v) is 13.3. The minimum Gasteiger partial charge on any atom is -0.550 e. The predicted octanol–water partition coefficient (Wildman–Crippen LogP) is 1.98. The summed E-state index contributed by atoms with van der Waals surface area (Å²) in [5.74, 6) is -2.80. The van der Waals surface area contributed by atoms with Gasteiger partial charge in [0.2, 0.25) is 0 Å². The second kappa shape index (κ2) is 13.6. The fraction of sp³-hybridized carbons (Fsp3) is 0.593. The molecular weight excluding hydrogens is 536 g/mol. The molecule has 0 aliphatic carbocycles. The van der Waals surface area contributed by atoms with Gasteiger partial charge in [0.15, 0.2) is 5.69 Å². The van der Waals surface area contributed by atoms with Crippen molar-refractivity contribution in [2.75, 3.05) is 13.1 Å². The molecule has 2 heterocycles. The normalized spacial score (nSPS) is 19.4. The van der Waals surface area contributed by atoms with Crippen molar-refractivity contribution in [2.45, 2.75) is 82.7 Å². The fourth-order valence-corrected chi connectivity index (χ4v) is 4.98. The Labute approximate surface area is 229 Å². The second-order valence-electron chi connectivity index (χ2n) is 10.6. The number of aliphatic hydroxyl groups excluding tert-OH is 2. The molecular formula is C27H35F4N4O5-. The lowest BCUT2D eigenvalue weighted by atomic mass is 9.94. The Morgan fingerprint density at radius 2 is 1.85 bits per heavy atom. The number of carboxylic acids is 1.